The first-order valence-corrected chi connectivity index (χ1v) is 8.73. The Kier molecular flexibility index (Phi) is 5.42. The van der Waals surface area contributed by atoms with E-state index in [4.69, 9.17) is 9.29 Å². The largest absolute Gasteiger partial charge is 0.465 e. The van der Waals surface area contributed by atoms with Gasteiger partial charge in [-0.1, -0.05) is 17.7 Å². The Bertz CT molecular complexity index is 603. The smallest absolute Gasteiger partial charge is 0.407 e. The number of aryl methyl sites for hydroxylation is 1. The van der Waals surface area contributed by atoms with Crippen LogP contribution < -0.4 is 0 Å². The Morgan fingerprint density at radius 1 is 1.27 bits per heavy atom. The summed E-state index contributed by atoms with van der Waals surface area (Å²) in [6.07, 6.45) is 1.23. The first-order valence-electron chi connectivity index (χ1n) is 7.32. The topological polar surface area (TPSA) is 83.9 Å². The third-order valence-corrected chi connectivity index (χ3v) is 5.29. The molecule has 7 heteroatoms. The van der Waals surface area contributed by atoms with E-state index in [1.165, 1.54) is 17.0 Å². The lowest BCUT2D eigenvalue weighted by molar-refractivity contribution is 0.120. The molecule has 1 fully saturated rings. The lowest BCUT2D eigenvalue weighted by Gasteiger charge is -2.29. The zero-order valence-corrected chi connectivity index (χ0v) is 13.4. The molecule has 2 rings (SSSR count). The first-order chi connectivity index (χ1) is 10.4. The third kappa shape index (κ3) is 4.45. The van der Waals surface area contributed by atoms with E-state index in [-0.39, 0.29) is 11.5 Å². The van der Waals surface area contributed by atoms with E-state index >= 15 is 0 Å². The minimum atomic E-state index is -3.71. The number of amides is 1. The minimum absolute atomic E-state index is 0.133. The molecule has 0 aliphatic carbocycles. The lowest BCUT2D eigenvalue weighted by Crippen LogP contribution is -2.37. The van der Waals surface area contributed by atoms with Crippen LogP contribution in [0.3, 0.4) is 0 Å². The van der Waals surface area contributed by atoms with Crippen molar-refractivity contribution in [1.29, 1.82) is 0 Å². The fourth-order valence-corrected chi connectivity index (χ4v) is 3.43. The van der Waals surface area contributed by atoms with E-state index in [9.17, 15) is 13.2 Å². The van der Waals surface area contributed by atoms with E-state index < -0.39 is 16.2 Å². The summed E-state index contributed by atoms with van der Waals surface area (Å²) in [7, 11) is -3.71. The molecular weight excluding hydrogens is 306 g/mol. The molecule has 0 unspecified atom stereocenters. The van der Waals surface area contributed by atoms with Crippen LogP contribution in [-0.2, 0) is 14.3 Å². The number of benzene rings is 1. The number of piperidine rings is 1. The summed E-state index contributed by atoms with van der Waals surface area (Å²) in [5.41, 5.74) is 0.990. The number of carboxylic acid groups (broad SMARTS) is 1. The van der Waals surface area contributed by atoms with Crippen LogP contribution in [0, 0.1) is 12.8 Å². The zero-order chi connectivity index (χ0) is 16.2. The second kappa shape index (κ2) is 7.11. The van der Waals surface area contributed by atoms with Crippen molar-refractivity contribution in [3.8, 4) is 0 Å². The summed E-state index contributed by atoms with van der Waals surface area (Å²) >= 11 is 0. The molecule has 0 atom stereocenters. The average Bonchev–Trinajstić information content (AvgIpc) is 2.48. The van der Waals surface area contributed by atoms with Gasteiger partial charge in [-0.25, -0.2) is 4.79 Å². The number of nitrogens with zero attached hydrogens (tertiary/aromatic N) is 1. The van der Waals surface area contributed by atoms with Gasteiger partial charge >= 0.3 is 6.09 Å². The van der Waals surface area contributed by atoms with Crippen LogP contribution in [-0.4, -0.2) is 44.2 Å². The molecule has 1 N–H and O–H groups in total. The first kappa shape index (κ1) is 16.8. The monoisotopic (exact) mass is 327 g/mol. The molecule has 1 aromatic carbocycles. The van der Waals surface area contributed by atoms with Gasteiger partial charge in [0, 0.05) is 13.1 Å². The van der Waals surface area contributed by atoms with E-state index in [1.807, 2.05) is 6.92 Å². The van der Waals surface area contributed by atoms with Crippen molar-refractivity contribution in [2.75, 3.05) is 19.7 Å². The Labute approximate surface area is 130 Å². The average molecular weight is 327 g/mol. The van der Waals surface area contributed by atoms with Crippen LogP contribution in [0.15, 0.2) is 29.2 Å². The second-order valence-electron chi connectivity index (χ2n) is 5.59. The quantitative estimate of drug-likeness (QED) is 0.840. The molecule has 6 nitrogen and oxygen atoms in total. The van der Waals surface area contributed by atoms with E-state index in [0.717, 1.165) is 18.4 Å². The van der Waals surface area contributed by atoms with Crippen LogP contribution in [0.1, 0.15) is 24.8 Å². The highest BCUT2D eigenvalue weighted by Gasteiger charge is 2.23. The molecule has 0 aromatic heterocycles. The maximum atomic E-state index is 12.0. The van der Waals surface area contributed by atoms with E-state index in [0.29, 0.717) is 25.4 Å². The lowest BCUT2D eigenvalue weighted by atomic mass is 9.94. The standard InChI is InChI=1S/C15H21NO5S/c1-12-2-4-14(5-3-12)22(19,20)21-11-8-13-6-9-16(10-7-13)15(17)18/h2-5,13H,6-11H2,1H3,(H,17,18). The van der Waals surface area contributed by atoms with Crippen LogP contribution >= 0.6 is 0 Å². The molecule has 1 aliphatic heterocycles. The van der Waals surface area contributed by atoms with Gasteiger partial charge in [0.15, 0.2) is 0 Å². The molecule has 0 spiro atoms. The van der Waals surface area contributed by atoms with Gasteiger partial charge in [-0.2, -0.15) is 8.42 Å². The highest BCUT2D eigenvalue weighted by atomic mass is 32.2. The number of likely N-dealkylation sites (tertiary alicyclic amines) is 1. The predicted molar refractivity (Wildman–Crippen MR) is 81.3 cm³/mol. The summed E-state index contributed by atoms with van der Waals surface area (Å²) in [6, 6.07) is 6.54. The normalized spacial score (nSPS) is 16.7. The van der Waals surface area contributed by atoms with Gasteiger partial charge in [-0.05, 0) is 44.2 Å². The number of hydrogen-bond donors (Lipinski definition) is 1. The fourth-order valence-electron chi connectivity index (χ4n) is 2.51. The van der Waals surface area contributed by atoms with Gasteiger partial charge < -0.3 is 10.0 Å². The number of carbonyl (C=O) groups is 1. The fraction of sp³-hybridized carbons (Fsp3) is 0.533. The molecule has 22 heavy (non-hydrogen) atoms. The third-order valence-electron chi connectivity index (χ3n) is 3.96. The van der Waals surface area contributed by atoms with E-state index in [2.05, 4.69) is 0 Å². The minimum Gasteiger partial charge on any atom is -0.465 e. The molecular formula is C15H21NO5S. The van der Waals surface area contributed by atoms with Gasteiger partial charge in [0.25, 0.3) is 10.1 Å². The van der Waals surface area contributed by atoms with Crippen LogP contribution in [0.25, 0.3) is 0 Å². The molecule has 1 heterocycles. The molecule has 0 saturated carbocycles. The second-order valence-corrected chi connectivity index (χ2v) is 7.21. The Hall–Kier alpha value is -1.60. The Morgan fingerprint density at radius 2 is 1.86 bits per heavy atom. The number of hydrogen-bond acceptors (Lipinski definition) is 4. The Balaban J connectivity index is 1.79. The SMILES string of the molecule is Cc1ccc(S(=O)(=O)OCCC2CCN(C(=O)O)CC2)cc1. The van der Waals surface area contributed by atoms with Gasteiger partial charge in [-0.15, -0.1) is 0 Å². The molecule has 1 aliphatic rings. The molecule has 1 amide bonds. The summed E-state index contributed by atoms with van der Waals surface area (Å²) in [6.45, 7) is 3.03. The number of rotatable bonds is 5. The summed E-state index contributed by atoms with van der Waals surface area (Å²) < 4.78 is 29.1. The van der Waals surface area contributed by atoms with Crippen molar-refractivity contribution in [3.05, 3.63) is 29.8 Å². The highest BCUT2D eigenvalue weighted by molar-refractivity contribution is 7.86. The molecule has 122 valence electrons. The van der Waals surface area contributed by atoms with Crippen LogP contribution in [0.2, 0.25) is 0 Å². The van der Waals surface area contributed by atoms with Gasteiger partial charge in [0.2, 0.25) is 0 Å². The van der Waals surface area contributed by atoms with E-state index in [1.54, 1.807) is 12.1 Å². The van der Waals surface area contributed by atoms with Crippen LogP contribution in [0.4, 0.5) is 4.79 Å². The summed E-state index contributed by atoms with van der Waals surface area (Å²) in [4.78, 5) is 12.4. The molecule has 1 aromatic rings. The van der Waals surface area contributed by atoms with Crippen molar-refractivity contribution in [3.63, 3.8) is 0 Å². The van der Waals surface area contributed by atoms with Crippen molar-refractivity contribution in [2.24, 2.45) is 5.92 Å². The maximum absolute atomic E-state index is 12.0. The van der Waals surface area contributed by atoms with Gasteiger partial charge in [-0.3, -0.25) is 4.18 Å². The highest BCUT2D eigenvalue weighted by Crippen LogP contribution is 2.21. The molecule has 0 bridgehead atoms. The van der Waals surface area contributed by atoms with Crippen molar-refractivity contribution < 1.29 is 22.5 Å². The predicted octanol–water partition coefficient (Wildman–Crippen LogP) is 2.48. The van der Waals surface area contributed by atoms with Gasteiger partial charge in [0.05, 0.1) is 11.5 Å². The maximum Gasteiger partial charge on any atom is 0.407 e. The molecule has 0 radical (unpaired) electrons. The molecule has 1 saturated heterocycles. The van der Waals surface area contributed by atoms with Crippen molar-refractivity contribution >= 4 is 16.2 Å². The zero-order valence-electron chi connectivity index (χ0n) is 12.6. The summed E-state index contributed by atoms with van der Waals surface area (Å²) in [5, 5.41) is 8.87. The van der Waals surface area contributed by atoms with Gasteiger partial charge in [0.1, 0.15) is 0 Å². The summed E-state index contributed by atoms with van der Waals surface area (Å²) in [5.74, 6) is 0.309. The Morgan fingerprint density at radius 3 is 2.41 bits per heavy atom. The van der Waals surface area contributed by atoms with Crippen LogP contribution in [0.5, 0.6) is 0 Å². The van der Waals surface area contributed by atoms with Crippen molar-refractivity contribution in [2.45, 2.75) is 31.1 Å². The van der Waals surface area contributed by atoms with Crippen molar-refractivity contribution in [1.82, 2.24) is 4.90 Å².